The molecule has 0 saturated heterocycles. The Hall–Kier alpha value is -2.13. The lowest BCUT2D eigenvalue weighted by Gasteiger charge is -2.09. The Balaban J connectivity index is 1.55. The molecule has 0 aliphatic heterocycles. The van der Waals surface area contributed by atoms with Gasteiger partial charge in [-0.05, 0) is 49.2 Å². The van der Waals surface area contributed by atoms with E-state index in [1.165, 1.54) is 35.2 Å². The summed E-state index contributed by atoms with van der Waals surface area (Å²) in [6.07, 6.45) is 0. The van der Waals surface area contributed by atoms with Crippen molar-refractivity contribution >= 4 is 68.9 Å². The van der Waals surface area contributed by atoms with Crippen LogP contribution in [0.4, 0.5) is 10.8 Å². The van der Waals surface area contributed by atoms with Crippen molar-refractivity contribution in [3.05, 3.63) is 63.1 Å². The highest BCUT2D eigenvalue weighted by atomic mass is 35.5. The number of halogens is 2. The molecule has 3 rings (SSSR count). The molecule has 1 aromatic heterocycles. The van der Waals surface area contributed by atoms with Gasteiger partial charge in [0.1, 0.15) is 0 Å². The first-order valence-electron chi connectivity index (χ1n) is 8.42. The second-order valence-corrected chi connectivity index (χ2v) is 9.08. The number of nitrogens with one attached hydrogen (secondary N) is 2. The van der Waals surface area contributed by atoms with Gasteiger partial charge >= 0.3 is 0 Å². The average molecular weight is 467 g/mol. The second kappa shape index (κ2) is 9.58. The maximum absolute atomic E-state index is 12.3. The predicted molar refractivity (Wildman–Crippen MR) is 120 cm³/mol. The maximum atomic E-state index is 12.3. The monoisotopic (exact) mass is 466 g/mol. The van der Waals surface area contributed by atoms with Gasteiger partial charge in [-0.2, -0.15) is 0 Å². The smallest absolute Gasteiger partial charge is 0.259 e. The van der Waals surface area contributed by atoms with E-state index in [-0.39, 0.29) is 22.2 Å². The van der Waals surface area contributed by atoms with Crippen LogP contribution in [0.1, 0.15) is 21.5 Å². The fourth-order valence-corrected chi connectivity index (χ4v) is 4.40. The zero-order chi connectivity index (χ0) is 21.0. The number of hydrogen-bond acceptors (Lipinski definition) is 6. The van der Waals surface area contributed by atoms with Gasteiger partial charge in [-0.1, -0.05) is 58.4 Å². The molecule has 10 heteroatoms. The van der Waals surface area contributed by atoms with Gasteiger partial charge in [0.15, 0.2) is 4.34 Å². The number of benzene rings is 2. The molecule has 0 bridgehead atoms. The zero-order valence-corrected chi connectivity index (χ0v) is 18.6. The van der Waals surface area contributed by atoms with E-state index >= 15 is 0 Å². The fraction of sp³-hybridized carbons (Fsp3) is 0.158. The molecule has 3 aromatic rings. The van der Waals surface area contributed by atoms with Crippen molar-refractivity contribution in [2.24, 2.45) is 0 Å². The van der Waals surface area contributed by atoms with Crippen molar-refractivity contribution in [2.75, 3.05) is 16.4 Å². The molecule has 0 fully saturated rings. The molecule has 2 amide bonds. The average Bonchev–Trinajstić information content (AvgIpc) is 3.11. The van der Waals surface area contributed by atoms with Gasteiger partial charge in [-0.3, -0.25) is 14.9 Å². The van der Waals surface area contributed by atoms with Crippen molar-refractivity contribution in [3.8, 4) is 0 Å². The van der Waals surface area contributed by atoms with Crippen LogP contribution in [0.5, 0.6) is 0 Å². The molecule has 0 radical (unpaired) electrons. The maximum Gasteiger partial charge on any atom is 0.259 e. The molecule has 29 heavy (non-hydrogen) atoms. The molecule has 0 spiro atoms. The highest BCUT2D eigenvalue weighted by Gasteiger charge is 2.15. The van der Waals surface area contributed by atoms with E-state index in [2.05, 4.69) is 20.8 Å². The number of thioether (sulfide) groups is 1. The van der Waals surface area contributed by atoms with Crippen LogP contribution in [-0.2, 0) is 4.79 Å². The fourth-order valence-electron chi connectivity index (χ4n) is 2.36. The van der Waals surface area contributed by atoms with Crippen LogP contribution < -0.4 is 10.6 Å². The Morgan fingerprint density at radius 1 is 1.10 bits per heavy atom. The molecule has 0 unspecified atom stereocenters. The minimum absolute atomic E-state index is 0.141. The van der Waals surface area contributed by atoms with Crippen LogP contribution in [0, 0.1) is 13.8 Å². The van der Waals surface area contributed by atoms with Gasteiger partial charge < -0.3 is 5.32 Å². The van der Waals surface area contributed by atoms with Gasteiger partial charge in [0, 0.05) is 10.7 Å². The van der Waals surface area contributed by atoms with Gasteiger partial charge in [0.05, 0.1) is 16.3 Å². The first-order valence-corrected chi connectivity index (χ1v) is 11.0. The van der Waals surface area contributed by atoms with Gasteiger partial charge in [-0.15, -0.1) is 10.2 Å². The molecule has 6 nitrogen and oxygen atoms in total. The number of aromatic nitrogens is 2. The summed E-state index contributed by atoms with van der Waals surface area (Å²) in [5.74, 6) is -0.372. The van der Waals surface area contributed by atoms with Gasteiger partial charge in [0.2, 0.25) is 11.0 Å². The van der Waals surface area contributed by atoms with Gasteiger partial charge in [0.25, 0.3) is 5.91 Å². The first-order chi connectivity index (χ1) is 13.8. The molecule has 2 N–H and O–H groups in total. The van der Waals surface area contributed by atoms with Crippen molar-refractivity contribution in [1.29, 1.82) is 0 Å². The second-order valence-electron chi connectivity index (χ2n) is 6.04. The molecule has 2 aromatic carbocycles. The van der Waals surface area contributed by atoms with E-state index < -0.39 is 5.91 Å². The zero-order valence-electron chi connectivity index (χ0n) is 15.5. The Morgan fingerprint density at radius 2 is 1.90 bits per heavy atom. The third-order valence-electron chi connectivity index (χ3n) is 4.01. The molecule has 0 saturated carbocycles. The van der Waals surface area contributed by atoms with Crippen LogP contribution >= 0.6 is 46.3 Å². The van der Waals surface area contributed by atoms with Crippen molar-refractivity contribution in [1.82, 2.24) is 10.2 Å². The minimum atomic E-state index is -0.410. The SMILES string of the molecule is Cc1cccc(NC(=O)CSc2nnc(NC(=O)c3ccc(Cl)cc3Cl)s2)c1C. The lowest BCUT2D eigenvalue weighted by atomic mass is 10.1. The normalized spacial score (nSPS) is 10.6. The summed E-state index contributed by atoms with van der Waals surface area (Å²) in [6, 6.07) is 10.4. The number of amides is 2. The molecule has 1 heterocycles. The predicted octanol–water partition coefficient (Wildman–Crippen LogP) is 5.44. The minimum Gasteiger partial charge on any atom is -0.325 e. The van der Waals surface area contributed by atoms with E-state index in [9.17, 15) is 9.59 Å². The summed E-state index contributed by atoms with van der Waals surface area (Å²) < 4.78 is 0.568. The number of anilines is 2. The van der Waals surface area contributed by atoms with Gasteiger partial charge in [-0.25, -0.2) is 0 Å². The van der Waals surface area contributed by atoms with Crippen LogP contribution in [0.3, 0.4) is 0 Å². The van der Waals surface area contributed by atoms with E-state index in [4.69, 9.17) is 23.2 Å². The number of carbonyl (C=O) groups excluding carboxylic acids is 2. The third-order valence-corrected chi connectivity index (χ3v) is 6.53. The Morgan fingerprint density at radius 3 is 2.66 bits per heavy atom. The Bertz CT molecular complexity index is 1070. The third kappa shape index (κ3) is 5.70. The van der Waals surface area contributed by atoms with Crippen molar-refractivity contribution in [3.63, 3.8) is 0 Å². The number of aryl methyl sites for hydroxylation is 1. The van der Waals surface area contributed by atoms with Crippen LogP contribution in [0.25, 0.3) is 0 Å². The number of rotatable bonds is 6. The standard InChI is InChI=1S/C19H16Cl2N4O2S2/c1-10-4-3-5-15(11(10)2)22-16(26)9-28-19-25-24-18(29-19)23-17(27)13-7-6-12(20)8-14(13)21/h3-8H,9H2,1-2H3,(H,22,26)(H,23,24,27). The van der Waals surface area contributed by atoms with Crippen molar-refractivity contribution < 1.29 is 9.59 Å². The van der Waals surface area contributed by atoms with E-state index in [0.29, 0.717) is 14.5 Å². The highest BCUT2D eigenvalue weighted by Crippen LogP contribution is 2.27. The van der Waals surface area contributed by atoms with Crippen molar-refractivity contribution in [2.45, 2.75) is 18.2 Å². The Kier molecular flexibility index (Phi) is 7.13. The lowest BCUT2D eigenvalue weighted by Crippen LogP contribution is -2.15. The number of hydrogen-bond donors (Lipinski definition) is 2. The summed E-state index contributed by atoms with van der Waals surface area (Å²) in [4.78, 5) is 24.5. The summed E-state index contributed by atoms with van der Waals surface area (Å²) >= 11 is 14.3. The highest BCUT2D eigenvalue weighted by molar-refractivity contribution is 8.01. The summed E-state index contributed by atoms with van der Waals surface area (Å²) in [7, 11) is 0. The summed E-state index contributed by atoms with van der Waals surface area (Å²) in [5.41, 5.74) is 3.22. The summed E-state index contributed by atoms with van der Waals surface area (Å²) in [5, 5.41) is 14.5. The quantitative estimate of drug-likeness (QED) is 0.372. The molecule has 150 valence electrons. The molecular weight excluding hydrogens is 451 g/mol. The van der Waals surface area contributed by atoms with Crippen LogP contribution in [-0.4, -0.2) is 27.8 Å². The molecular formula is C19H16Cl2N4O2S2. The van der Waals surface area contributed by atoms with E-state index in [1.54, 1.807) is 6.07 Å². The largest absolute Gasteiger partial charge is 0.325 e. The van der Waals surface area contributed by atoms with E-state index in [1.807, 2.05) is 32.0 Å². The van der Waals surface area contributed by atoms with E-state index in [0.717, 1.165) is 16.8 Å². The number of nitrogens with zero attached hydrogens (tertiary/aromatic N) is 2. The number of carbonyl (C=O) groups is 2. The topological polar surface area (TPSA) is 84.0 Å². The van der Waals surface area contributed by atoms with Crippen LogP contribution in [0.15, 0.2) is 40.7 Å². The first kappa shape index (κ1) is 21.6. The lowest BCUT2D eigenvalue weighted by molar-refractivity contribution is -0.113. The molecule has 0 aliphatic rings. The van der Waals surface area contributed by atoms with Crippen LogP contribution in [0.2, 0.25) is 10.0 Å². The molecule has 0 atom stereocenters. The molecule has 0 aliphatic carbocycles. The Labute approximate surface area is 186 Å². The summed E-state index contributed by atoms with van der Waals surface area (Å²) in [6.45, 7) is 3.96.